The van der Waals surface area contributed by atoms with Crippen LogP contribution in [0.2, 0.25) is 0 Å². The first-order valence-electron chi connectivity index (χ1n) is 7.90. The number of anilines is 1. The molecule has 0 amide bonds. The maximum absolute atomic E-state index is 3.74. The minimum absolute atomic E-state index is 0.769. The second-order valence-corrected chi connectivity index (χ2v) is 7.47. The van der Waals surface area contributed by atoms with Crippen LogP contribution in [-0.2, 0) is 6.54 Å². The van der Waals surface area contributed by atoms with E-state index in [0.717, 1.165) is 24.4 Å². The molecule has 3 rings (SSSR count). The lowest BCUT2D eigenvalue weighted by Crippen LogP contribution is -2.38. The zero-order valence-corrected chi connectivity index (χ0v) is 14.1. The minimum atomic E-state index is 0.769. The summed E-state index contributed by atoms with van der Waals surface area (Å²) in [6.45, 7) is 8.12. The van der Waals surface area contributed by atoms with E-state index >= 15 is 0 Å². The first-order chi connectivity index (χ1) is 9.63. The van der Waals surface area contributed by atoms with Gasteiger partial charge in [0.25, 0.3) is 0 Å². The molecule has 1 heterocycles. The predicted molar refractivity (Wildman–Crippen MR) is 89.2 cm³/mol. The zero-order chi connectivity index (χ0) is 14.1. The second-order valence-electron chi connectivity index (χ2n) is 6.62. The van der Waals surface area contributed by atoms with Gasteiger partial charge in [-0.25, -0.2) is 0 Å². The second kappa shape index (κ2) is 6.07. The third kappa shape index (κ3) is 3.37. The van der Waals surface area contributed by atoms with Gasteiger partial charge in [0.05, 0.1) is 0 Å². The quantitative estimate of drug-likeness (QED) is 0.887. The van der Waals surface area contributed by atoms with Crippen LogP contribution in [0.3, 0.4) is 0 Å². The molecule has 1 aromatic carbocycles. The van der Waals surface area contributed by atoms with Gasteiger partial charge in [-0.15, -0.1) is 0 Å². The van der Waals surface area contributed by atoms with Crippen molar-refractivity contribution in [2.24, 2.45) is 11.8 Å². The van der Waals surface area contributed by atoms with Crippen LogP contribution >= 0.6 is 15.9 Å². The Morgan fingerprint density at radius 1 is 1.20 bits per heavy atom. The van der Waals surface area contributed by atoms with Crippen molar-refractivity contribution >= 4 is 21.6 Å². The highest BCUT2D eigenvalue weighted by Gasteiger charge is 2.23. The molecule has 1 aliphatic heterocycles. The standard InChI is InChI=1S/C17H25BrN2/c1-12-7-8-20(11-13(12)2)16-6-3-14(17(18)9-16)10-19-15-4-5-15/h3,6,9,12-13,15,19H,4-5,7-8,10-11H2,1-2H3. The number of nitrogens with one attached hydrogen (secondary N) is 1. The molecule has 0 spiro atoms. The molecule has 2 unspecified atom stereocenters. The number of hydrogen-bond acceptors (Lipinski definition) is 2. The lowest BCUT2D eigenvalue weighted by molar-refractivity contribution is 0.324. The van der Waals surface area contributed by atoms with Crippen LogP contribution in [-0.4, -0.2) is 19.1 Å². The predicted octanol–water partition coefficient (Wildman–Crippen LogP) is 4.18. The fraction of sp³-hybridized carbons (Fsp3) is 0.647. The summed E-state index contributed by atoms with van der Waals surface area (Å²) < 4.78 is 1.24. The highest BCUT2D eigenvalue weighted by molar-refractivity contribution is 9.10. The number of halogens is 1. The first-order valence-corrected chi connectivity index (χ1v) is 8.69. The maximum atomic E-state index is 3.74. The third-order valence-electron chi connectivity index (χ3n) is 4.89. The van der Waals surface area contributed by atoms with Crippen LogP contribution in [0, 0.1) is 11.8 Å². The lowest BCUT2D eigenvalue weighted by Gasteiger charge is -2.37. The Balaban J connectivity index is 1.66. The van der Waals surface area contributed by atoms with Crippen molar-refractivity contribution in [2.75, 3.05) is 18.0 Å². The average Bonchev–Trinajstić information content (AvgIpc) is 3.24. The summed E-state index contributed by atoms with van der Waals surface area (Å²) >= 11 is 3.74. The van der Waals surface area contributed by atoms with Crippen molar-refractivity contribution in [3.05, 3.63) is 28.2 Å². The SMILES string of the molecule is CC1CCN(c2ccc(CNC3CC3)c(Br)c2)CC1C. The average molecular weight is 337 g/mol. The summed E-state index contributed by atoms with van der Waals surface area (Å²) in [5.74, 6) is 1.65. The molecule has 2 nitrogen and oxygen atoms in total. The molecule has 1 N–H and O–H groups in total. The summed E-state index contributed by atoms with van der Waals surface area (Å²) in [5.41, 5.74) is 2.74. The fourth-order valence-electron chi connectivity index (χ4n) is 2.92. The van der Waals surface area contributed by atoms with Crippen LogP contribution in [0.1, 0.15) is 38.7 Å². The van der Waals surface area contributed by atoms with Crippen molar-refractivity contribution in [2.45, 2.75) is 45.7 Å². The Morgan fingerprint density at radius 2 is 2.00 bits per heavy atom. The fourth-order valence-corrected chi connectivity index (χ4v) is 3.42. The molecule has 2 aliphatic rings. The highest BCUT2D eigenvalue weighted by Crippen LogP contribution is 2.30. The molecule has 1 saturated heterocycles. The number of rotatable bonds is 4. The van der Waals surface area contributed by atoms with Crippen LogP contribution in [0.25, 0.3) is 0 Å². The molecule has 0 radical (unpaired) electrons. The number of benzene rings is 1. The molecule has 1 aromatic rings. The van der Waals surface area contributed by atoms with Gasteiger partial charge in [-0.3, -0.25) is 0 Å². The Hall–Kier alpha value is -0.540. The molecule has 0 aromatic heterocycles. The molecule has 2 atom stereocenters. The molecule has 1 aliphatic carbocycles. The molecule has 2 fully saturated rings. The van der Waals surface area contributed by atoms with Crippen LogP contribution in [0.4, 0.5) is 5.69 Å². The molecule has 20 heavy (non-hydrogen) atoms. The Kier molecular flexibility index (Phi) is 4.37. The Morgan fingerprint density at radius 3 is 2.65 bits per heavy atom. The summed E-state index contributed by atoms with van der Waals surface area (Å²) in [4.78, 5) is 2.54. The molecule has 110 valence electrons. The topological polar surface area (TPSA) is 15.3 Å². The van der Waals surface area contributed by atoms with E-state index in [1.165, 1.54) is 48.1 Å². The van der Waals surface area contributed by atoms with E-state index in [2.05, 4.69) is 58.2 Å². The van der Waals surface area contributed by atoms with Gasteiger partial charge < -0.3 is 10.2 Å². The molecular formula is C17H25BrN2. The third-order valence-corrected chi connectivity index (χ3v) is 5.63. The smallest absolute Gasteiger partial charge is 0.0377 e. The molecule has 3 heteroatoms. The summed E-state index contributed by atoms with van der Waals surface area (Å²) in [5, 5.41) is 3.58. The normalized spacial score (nSPS) is 26.9. The molecular weight excluding hydrogens is 312 g/mol. The summed E-state index contributed by atoms with van der Waals surface area (Å²) in [7, 11) is 0. The van der Waals surface area contributed by atoms with E-state index in [1.54, 1.807) is 0 Å². The van der Waals surface area contributed by atoms with E-state index in [0.29, 0.717) is 0 Å². The van der Waals surface area contributed by atoms with Gasteiger partial charge >= 0.3 is 0 Å². The van der Waals surface area contributed by atoms with E-state index in [1.807, 2.05) is 0 Å². The van der Waals surface area contributed by atoms with E-state index in [4.69, 9.17) is 0 Å². The van der Waals surface area contributed by atoms with Gasteiger partial charge in [0.2, 0.25) is 0 Å². The number of nitrogens with zero attached hydrogens (tertiary/aromatic N) is 1. The van der Waals surface area contributed by atoms with Crippen molar-refractivity contribution in [3.63, 3.8) is 0 Å². The van der Waals surface area contributed by atoms with Gasteiger partial charge in [-0.2, -0.15) is 0 Å². The van der Waals surface area contributed by atoms with Crippen molar-refractivity contribution in [3.8, 4) is 0 Å². The van der Waals surface area contributed by atoms with Crippen molar-refractivity contribution in [1.29, 1.82) is 0 Å². The van der Waals surface area contributed by atoms with Crippen LogP contribution in [0.15, 0.2) is 22.7 Å². The van der Waals surface area contributed by atoms with Gasteiger partial charge in [0, 0.05) is 35.8 Å². The number of hydrogen-bond donors (Lipinski definition) is 1. The number of piperidine rings is 1. The van der Waals surface area contributed by atoms with Gasteiger partial charge in [-0.05, 0) is 48.8 Å². The van der Waals surface area contributed by atoms with Gasteiger partial charge in [0.15, 0.2) is 0 Å². The highest BCUT2D eigenvalue weighted by atomic mass is 79.9. The van der Waals surface area contributed by atoms with Crippen molar-refractivity contribution in [1.82, 2.24) is 5.32 Å². The molecule has 1 saturated carbocycles. The lowest BCUT2D eigenvalue weighted by atomic mass is 9.88. The van der Waals surface area contributed by atoms with E-state index in [9.17, 15) is 0 Å². The Labute approximate surface area is 131 Å². The van der Waals surface area contributed by atoms with Gasteiger partial charge in [-0.1, -0.05) is 35.8 Å². The van der Waals surface area contributed by atoms with E-state index in [-0.39, 0.29) is 0 Å². The largest absolute Gasteiger partial charge is 0.371 e. The maximum Gasteiger partial charge on any atom is 0.0377 e. The summed E-state index contributed by atoms with van der Waals surface area (Å²) in [6, 6.07) is 7.63. The zero-order valence-electron chi connectivity index (χ0n) is 12.5. The van der Waals surface area contributed by atoms with E-state index < -0.39 is 0 Å². The molecule has 0 bridgehead atoms. The van der Waals surface area contributed by atoms with Crippen LogP contribution < -0.4 is 10.2 Å². The first kappa shape index (κ1) is 14.4. The Bertz CT molecular complexity index is 470. The van der Waals surface area contributed by atoms with Crippen molar-refractivity contribution < 1.29 is 0 Å². The van der Waals surface area contributed by atoms with Crippen LogP contribution in [0.5, 0.6) is 0 Å². The monoisotopic (exact) mass is 336 g/mol. The van der Waals surface area contributed by atoms with Gasteiger partial charge in [0.1, 0.15) is 0 Å². The minimum Gasteiger partial charge on any atom is -0.371 e. The summed E-state index contributed by atoms with van der Waals surface area (Å²) in [6.07, 6.45) is 4.00.